The number of aromatic carboxylic acids is 1. The number of rotatable bonds is 11. The van der Waals surface area contributed by atoms with E-state index in [1.54, 1.807) is 36.3 Å². The molecule has 40 heavy (non-hydrogen) atoms. The third-order valence-corrected chi connectivity index (χ3v) is 7.90. The van der Waals surface area contributed by atoms with E-state index in [0.717, 1.165) is 28.2 Å². The van der Waals surface area contributed by atoms with Crippen molar-refractivity contribution in [3.05, 3.63) is 113 Å². The van der Waals surface area contributed by atoms with Gasteiger partial charge in [-0.2, -0.15) is 11.8 Å². The number of hydrogen-bond donors (Lipinski definition) is 2. The Morgan fingerprint density at radius 2 is 1.68 bits per heavy atom. The molecule has 0 amide bonds. The molecule has 0 aliphatic carbocycles. The first-order valence-corrected chi connectivity index (χ1v) is 13.9. The minimum atomic E-state index is -1.16. The van der Waals surface area contributed by atoms with Crippen LogP contribution in [0.1, 0.15) is 38.6 Å². The molecule has 3 aromatic heterocycles. The zero-order chi connectivity index (χ0) is 27.9. The number of ether oxygens (including phenoxy) is 1. The smallest absolute Gasteiger partial charge is 0.534 e. The monoisotopic (exact) mass is 556 g/mol. The van der Waals surface area contributed by atoms with Crippen LogP contribution >= 0.6 is 11.8 Å². The lowest BCUT2D eigenvalue weighted by Gasteiger charge is -2.28. The Morgan fingerprint density at radius 1 is 1.00 bits per heavy atom. The summed E-state index contributed by atoms with van der Waals surface area (Å²) in [5.41, 5.74) is 4.59. The summed E-state index contributed by atoms with van der Waals surface area (Å²) in [6, 6.07) is 19.3. The summed E-state index contributed by atoms with van der Waals surface area (Å²) in [5.74, 6) is -0.157. The fourth-order valence-electron chi connectivity index (χ4n) is 4.61. The number of aromatic nitrogens is 3. The van der Waals surface area contributed by atoms with Gasteiger partial charge in [0.1, 0.15) is 17.1 Å². The highest BCUT2D eigenvalue weighted by molar-refractivity contribution is 8.00. The zero-order valence-electron chi connectivity index (χ0n) is 22.0. The maximum Gasteiger partial charge on any atom is 0.536 e. The molecule has 1 aromatic carbocycles. The fourth-order valence-corrected chi connectivity index (χ4v) is 5.70. The molecule has 4 heterocycles. The third kappa shape index (κ3) is 6.79. The summed E-state index contributed by atoms with van der Waals surface area (Å²) in [4.78, 5) is 27.7. The average Bonchev–Trinajstić information content (AvgIpc) is 2.97. The minimum absolute atomic E-state index is 0.0672. The molecule has 0 saturated carbocycles. The maximum atomic E-state index is 11.8. The van der Waals surface area contributed by atoms with Gasteiger partial charge in [-0.15, -0.1) is 0 Å². The number of pyridine rings is 3. The van der Waals surface area contributed by atoms with Crippen LogP contribution in [-0.4, -0.2) is 55.3 Å². The van der Waals surface area contributed by atoms with Crippen molar-refractivity contribution in [2.45, 2.75) is 37.0 Å². The van der Waals surface area contributed by atoms with Gasteiger partial charge < -0.3 is 19.5 Å². The van der Waals surface area contributed by atoms with Gasteiger partial charge in [0, 0.05) is 44.0 Å². The molecule has 1 atom stereocenters. The Balaban J connectivity index is 1.22. The van der Waals surface area contributed by atoms with E-state index in [0.29, 0.717) is 31.8 Å². The molecular formula is C29H29BN4O5S. The number of hydrogen-bond acceptors (Lipinski definition) is 9. The molecule has 2 N–H and O–H groups in total. The number of carbonyl (C=O) groups is 1. The highest BCUT2D eigenvalue weighted by Gasteiger charge is 2.38. The Kier molecular flexibility index (Phi) is 8.95. The highest BCUT2D eigenvalue weighted by Crippen LogP contribution is 2.39. The topological polar surface area (TPSA) is 118 Å². The largest absolute Gasteiger partial charge is 0.536 e. The molecule has 0 spiro atoms. The van der Waals surface area contributed by atoms with Gasteiger partial charge in [0.25, 0.3) is 0 Å². The van der Waals surface area contributed by atoms with Gasteiger partial charge in [0.15, 0.2) is 0 Å². The molecule has 0 bridgehead atoms. The van der Waals surface area contributed by atoms with Crippen molar-refractivity contribution in [1.82, 2.24) is 19.9 Å². The molecular weight excluding hydrogens is 527 g/mol. The SMILES string of the molecule is COc1ccc2c(c1C(=O)O)OB(O)[C@@H](SCc1ccc(CN(Cc3ccccn3)Cc3ccccn3)nc1)C2. The van der Waals surface area contributed by atoms with Crippen LogP contribution in [0, 0.1) is 0 Å². The van der Waals surface area contributed by atoms with Crippen LogP contribution in [-0.2, 0) is 31.8 Å². The van der Waals surface area contributed by atoms with E-state index in [1.165, 1.54) is 7.11 Å². The number of fused-ring (bicyclic) bond motifs is 1. The number of nitrogens with zero attached hydrogens (tertiary/aromatic N) is 4. The summed E-state index contributed by atoms with van der Waals surface area (Å²) in [6.07, 6.45) is 5.94. The van der Waals surface area contributed by atoms with Crippen LogP contribution in [0.5, 0.6) is 11.5 Å². The molecule has 4 aromatic rings. The Morgan fingerprint density at radius 3 is 2.23 bits per heavy atom. The molecule has 11 heteroatoms. The first-order valence-electron chi connectivity index (χ1n) is 12.9. The van der Waals surface area contributed by atoms with E-state index < -0.39 is 13.1 Å². The first kappa shape index (κ1) is 27.6. The average molecular weight is 556 g/mol. The van der Waals surface area contributed by atoms with Gasteiger partial charge in [-0.05, 0) is 53.9 Å². The molecule has 0 fully saturated rings. The zero-order valence-corrected chi connectivity index (χ0v) is 22.8. The van der Waals surface area contributed by atoms with Gasteiger partial charge >= 0.3 is 13.1 Å². The molecule has 0 unspecified atom stereocenters. The van der Waals surface area contributed by atoms with Gasteiger partial charge in [-0.25, -0.2) is 4.79 Å². The molecule has 0 saturated heterocycles. The predicted octanol–water partition coefficient (Wildman–Crippen LogP) is 4.04. The Labute approximate surface area is 237 Å². The van der Waals surface area contributed by atoms with Crippen molar-refractivity contribution in [3.63, 3.8) is 0 Å². The normalized spacial score (nSPS) is 14.5. The van der Waals surface area contributed by atoms with Crippen LogP contribution in [0.15, 0.2) is 79.3 Å². The van der Waals surface area contributed by atoms with Crippen molar-refractivity contribution in [3.8, 4) is 11.5 Å². The van der Waals surface area contributed by atoms with Crippen LogP contribution in [0.2, 0.25) is 0 Å². The highest BCUT2D eigenvalue weighted by atomic mass is 32.2. The molecule has 1 aliphatic heterocycles. The number of methoxy groups -OCH3 is 1. The van der Waals surface area contributed by atoms with Gasteiger partial charge in [-0.1, -0.05) is 24.3 Å². The lowest BCUT2D eigenvalue weighted by Crippen LogP contribution is -2.41. The van der Waals surface area contributed by atoms with Crippen LogP contribution < -0.4 is 9.39 Å². The third-order valence-electron chi connectivity index (χ3n) is 6.57. The lowest BCUT2D eigenvalue weighted by atomic mass is 9.77. The van der Waals surface area contributed by atoms with Crippen molar-refractivity contribution < 1.29 is 24.3 Å². The van der Waals surface area contributed by atoms with Gasteiger partial charge in [-0.3, -0.25) is 19.9 Å². The summed E-state index contributed by atoms with van der Waals surface area (Å²) < 4.78 is 10.8. The van der Waals surface area contributed by atoms with Crippen molar-refractivity contribution in [1.29, 1.82) is 0 Å². The molecule has 5 rings (SSSR count). The summed E-state index contributed by atoms with van der Waals surface area (Å²) >= 11 is 1.55. The molecule has 0 radical (unpaired) electrons. The van der Waals surface area contributed by atoms with Gasteiger partial charge in [0.2, 0.25) is 0 Å². The molecule has 1 aliphatic rings. The van der Waals surface area contributed by atoms with Crippen molar-refractivity contribution in [2.75, 3.05) is 7.11 Å². The van der Waals surface area contributed by atoms with E-state index >= 15 is 0 Å². The second kappa shape index (κ2) is 13.0. The van der Waals surface area contributed by atoms with E-state index in [1.807, 2.05) is 54.7 Å². The van der Waals surface area contributed by atoms with E-state index in [4.69, 9.17) is 14.4 Å². The van der Waals surface area contributed by atoms with Crippen molar-refractivity contribution in [2.24, 2.45) is 0 Å². The van der Waals surface area contributed by atoms with Crippen molar-refractivity contribution >= 4 is 24.8 Å². The predicted molar refractivity (Wildman–Crippen MR) is 153 cm³/mol. The number of benzene rings is 1. The standard InChI is InChI=1S/C29H29BN4O5S/c1-38-25-11-9-21-14-26(30(37)39-28(21)27(25)29(35)36)40-19-20-8-10-24(33-15-20)18-34(16-22-6-2-4-12-31-22)17-23-7-3-5-13-32-23/h2-13,15,26,37H,14,16-19H2,1H3,(H,35,36)/t26-/m0/s1. The second-order valence-corrected chi connectivity index (χ2v) is 10.7. The summed E-state index contributed by atoms with van der Waals surface area (Å²) in [6.45, 7) is 1.99. The summed E-state index contributed by atoms with van der Waals surface area (Å²) in [5, 5.41) is 20.0. The number of carboxylic acids is 1. The van der Waals surface area contributed by atoms with E-state index in [2.05, 4.69) is 14.9 Å². The van der Waals surface area contributed by atoms with E-state index in [9.17, 15) is 14.9 Å². The van der Waals surface area contributed by atoms with Crippen LogP contribution in [0.25, 0.3) is 0 Å². The first-order chi connectivity index (χ1) is 19.5. The van der Waals surface area contributed by atoms with E-state index in [-0.39, 0.29) is 22.2 Å². The molecule has 9 nitrogen and oxygen atoms in total. The number of thioether (sulfide) groups is 1. The lowest BCUT2D eigenvalue weighted by molar-refractivity contribution is 0.0690. The minimum Gasteiger partial charge on any atom is -0.534 e. The molecule has 204 valence electrons. The van der Waals surface area contributed by atoms with Crippen LogP contribution in [0.3, 0.4) is 0 Å². The second-order valence-electron chi connectivity index (χ2n) is 9.44. The Hall–Kier alpha value is -3.93. The Bertz CT molecular complexity index is 1390. The fraction of sp³-hybridized carbons (Fsp3) is 0.241. The summed E-state index contributed by atoms with van der Waals surface area (Å²) in [7, 11) is 0.269. The van der Waals surface area contributed by atoms with Gasteiger partial charge in [0.05, 0.1) is 29.3 Å². The van der Waals surface area contributed by atoms with Crippen LogP contribution in [0.4, 0.5) is 0 Å². The quantitative estimate of drug-likeness (QED) is 0.262. The maximum absolute atomic E-state index is 11.8. The number of carboxylic acid groups (broad SMARTS) is 1.